The number of hydrogen-bond acceptors (Lipinski definition) is 3. The number of rotatable bonds is 3. The summed E-state index contributed by atoms with van der Waals surface area (Å²) in [6, 6.07) is 0.409. The molecule has 2 aliphatic carbocycles. The predicted octanol–water partition coefficient (Wildman–Crippen LogP) is 2.26. The molecule has 0 aromatic rings. The van der Waals surface area contributed by atoms with Crippen molar-refractivity contribution in [1.82, 2.24) is 5.32 Å². The monoisotopic (exact) mass is 259 g/mol. The molecule has 0 aromatic carbocycles. The Morgan fingerprint density at radius 3 is 2.18 bits per heavy atom. The van der Waals surface area contributed by atoms with Crippen molar-refractivity contribution in [2.75, 3.05) is 7.05 Å². The SMILES string of the molecule is CNC1CCCC(S(=O)(=O)C2CCCCC2)C1. The highest BCUT2D eigenvalue weighted by Gasteiger charge is 2.37. The molecular weight excluding hydrogens is 234 g/mol. The largest absolute Gasteiger partial charge is 0.317 e. The predicted molar refractivity (Wildman–Crippen MR) is 70.9 cm³/mol. The van der Waals surface area contributed by atoms with Crippen molar-refractivity contribution in [3.63, 3.8) is 0 Å². The molecule has 0 aliphatic heterocycles. The molecule has 0 radical (unpaired) electrons. The minimum absolute atomic E-state index is 0.0307. The number of hydrogen-bond donors (Lipinski definition) is 1. The van der Waals surface area contributed by atoms with E-state index >= 15 is 0 Å². The molecule has 100 valence electrons. The third-order valence-corrected chi connectivity index (χ3v) is 7.27. The van der Waals surface area contributed by atoms with E-state index in [1.807, 2.05) is 7.05 Å². The normalized spacial score (nSPS) is 32.5. The average molecular weight is 259 g/mol. The maximum Gasteiger partial charge on any atom is 0.156 e. The van der Waals surface area contributed by atoms with Gasteiger partial charge in [-0.3, -0.25) is 0 Å². The summed E-state index contributed by atoms with van der Waals surface area (Å²) in [5.74, 6) is 0. The molecule has 2 saturated carbocycles. The summed E-state index contributed by atoms with van der Waals surface area (Å²) in [5, 5.41) is 3.14. The van der Waals surface area contributed by atoms with Gasteiger partial charge < -0.3 is 5.32 Å². The van der Waals surface area contributed by atoms with Gasteiger partial charge in [0.05, 0.1) is 10.5 Å². The Morgan fingerprint density at radius 1 is 0.882 bits per heavy atom. The third kappa shape index (κ3) is 3.02. The van der Waals surface area contributed by atoms with Crippen molar-refractivity contribution in [3.8, 4) is 0 Å². The fraction of sp³-hybridized carbons (Fsp3) is 1.00. The van der Waals surface area contributed by atoms with Crippen LogP contribution in [0.4, 0.5) is 0 Å². The van der Waals surface area contributed by atoms with Gasteiger partial charge in [0, 0.05) is 6.04 Å². The summed E-state index contributed by atoms with van der Waals surface area (Å²) < 4.78 is 25.1. The van der Waals surface area contributed by atoms with Crippen LogP contribution in [-0.2, 0) is 9.84 Å². The van der Waals surface area contributed by atoms with Gasteiger partial charge in [0.1, 0.15) is 0 Å². The van der Waals surface area contributed by atoms with E-state index in [9.17, 15) is 8.42 Å². The Morgan fingerprint density at radius 2 is 1.53 bits per heavy atom. The van der Waals surface area contributed by atoms with Gasteiger partial charge in [0.15, 0.2) is 9.84 Å². The highest BCUT2D eigenvalue weighted by molar-refractivity contribution is 7.92. The maximum atomic E-state index is 12.6. The van der Waals surface area contributed by atoms with E-state index in [0.717, 1.165) is 51.4 Å². The summed E-state index contributed by atoms with van der Waals surface area (Å²) in [5.41, 5.74) is 0. The maximum absolute atomic E-state index is 12.6. The van der Waals surface area contributed by atoms with Crippen LogP contribution in [0, 0.1) is 0 Å². The molecule has 0 aromatic heterocycles. The molecule has 3 nitrogen and oxygen atoms in total. The highest BCUT2D eigenvalue weighted by Crippen LogP contribution is 2.32. The molecule has 0 amide bonds. The topological polar surface area (TPSA) is 46.2 Å². The van der Waals surface area contributed by atoms with Crippen molar-refractivity contribution >= 4 is 9.84 Å². The molecule has 2 atom stereocenters. The van der Waals surface area contributed by atoms with E-state index in [4.69, 9.17) is 0 Å². The fourth-order valence-corrected chi connectivity index (χ4v) is 5.90. The molecule has 17 heavy (non-hydrogen) atoms. The van der Waals surface area contributed by atoms with Gasteiger partial charge in [-0.05, 0) is 39.2 Å². The summed E-state index contributed by atoms with van der Waals surface area (Å²) in [6.07, 6.45) is 9.14. The van der Waals surface area contributed by atoms with E-state index in [1.54, 1.807) is 0 Å². The number of sulfone groups is 1. The number of nitrogens with one attached hydrogen (secondary N) is 1. The quantitative estimate of drug-likeness (QED) is 0.845. The van der Waals surface area contributed by atoms with Crippen molar-refractivity contribution < 1.29 is 8.42 Å². The van der Waals surface area contributed by atoms with E-state index in [0.29, 0.717) is 6.04 Å². The van der Waals surface area contributed by atoms with Gasteiger partial charge >= 0.3 is 0 Å². The van der Waals surface area contributed by atoms with Crippen LogP contribution >= 0.6 is 0 Å². The summed E-state index contributed by atoms with van der Waals surface area (Å²) in [6.45, 7) is 0. The van der Waals surface area contributed by atoms with Crippen LogP contribution in [0.25, 0.3) is 0 Å². The lowest BCUT2D eigenvalue weighted by Gasteiger charge is -2.32. The lowest BCUT2D eigenvalue weighted by Crippen LogP contribution is -2.41. The Balaban J connectivity index is 2.03. The molecule has 2 fully saturated rings. The minimum Gasteiger partial charge on any atom is -0.317 e. The van der Waals surface area contributed by atoms with Crippen LogP contribution in [0.3, 0.4) is 0 Å². The van der Waals surface area contributed by atoms with E-state index in [-0.39, 0.29) is 10.5 Å². The molecule has 0 saturated heterocycles. The molecule has 2 aliphatic rings. The zero-order valence-electron chi connectivity index (χ0n) is 10.8. The second kappa shape index (κ2) is 5.70. The van der Waals surface area contributed by atoms with Crippen LogP contribution in [0.5, 0.6) is 0 Å². The Labute approximate surface area is 105 Å². The van der Waals surface area contributed by atoms with Crippen molar-refractivity contribution in [2.24, 2.45) is 0 Å². The van der Waals surface area contributed by atoms with E-state index < -0.39 is 9.84 Å². The van der Waals surface area contributed by atoms with E-state index in [2.05, 4.69) is 5.32 Å². The van der Waals surface area contributed by atoms with Crippen molar-refractivity contribution in [2.45, 2.75) is 74.3 Å². The molecule has 4 heteroatoms. The van der Waals surface area contributed by atoms with Crippen molar-refractivity contribution in [1.29, 1.82) is 0 Å². The molecule has 2 rings (SSSR count). The van der Waals surface area contributed by atoms with Gasteiger partial charge in [-0.25, -0.2) is 8.42 Å². The molecule has 0 bridgehead atoms. The Kier molecular flexibility index (Phi) is 4.47. The zero-order chi connectivity index (χ0) is 12.3. The first-order valence-corrected chi connectivity index (χ1v) is 8.65. The Hall–Kier alpha value is -0.0900. The molecular formula is C13H25NO2S. The highest BCUT2D eigenvalue weighted by atomic mass is 32.2. The van der Waals surface area contributed by atoms with Gasteiger partial charge in [-0.15, -0.1) is 0 Å². The van der Waals surface area contributed by atoms with Crippen molar-refractivity contribution in [3.05, 3.63) is 0 Å². The minimum atomic E-state index is -2.87. The van der Waals surface area contributed by atoms with Crippen LogP contribution in [0.2, 0.25) is 0 Å². The summed E-state index contributed by atoms with van der Waals surface area (Å²) in [7, 11) is -0.923. The summed E-state index contributed by atoms with van der Waals surface area (Å²) >= 11 is 0. The van der Waals surface area contributed by atoms with Gasteiger partial charge in [0.2, 0.25) is 0 Å². The van der Waals surface area contributed by atoms with Gasteiger partial charge in [0.25, 0.3) is 0 Å². The smallest absolute Gasteiger partial charge is 0.156 e. The van der Waals surface area contributed by atoms with Crippen LogP contribution in [0.1, 0.15) is 57.8 Å². The lowest BCUT2D eigenvalue weighted by atomic mass is 9.95. The molecule has 2 unspecified atom stereocenters. The first kappa shape index (κ1) is 13.3. The van der Waals surface area contributed by atoms with E-state index in [1.165, 1.54) is 6.42 Å². The molecule has 0 spiro atoms. The standard InChI is InChI=1S/C13H25NO2S/c1-14-11-6-5-9-13(10-11)17(15,16)12-7-3-2-4-8-12/h11-14H,2-10H2,1H3. The fourth-order valence-electron chi connectivity index (χ4n) is 3.37. The first-order valence-electron chi connectivity index (χ1n) is 7.04. The molecule has 1 N–H and O–H groups in total. The lowest BCUT2D eigenvalue weighted by molar-refractivity contribution is 0.384. The van der Waals surface area contributed by atoms with Gasteiger partial charge in [-0.2, -0.15) is 0 Å². The second-order valence-corrected chi connectivity index (χ2v) is 8.13. The zero-order valence-corrected chi connectivity index (χ0v) is 11.6. The summed E-state index contributed by atoms with van der Waals surface area (Å²) in [4.78, 5) is 0. The second-order valence-electron chi connectivity index (χ2n) is 5.62. The first-order chi connectivity index (χ1) is 8.14. The van der Waals surface area contributed by atoms with Gasteiger partial charge in [-0.1, -0.05) is 25.7 Å². The Bertz CT molecular complexity index is 333. The average Bonchev–Trinajstić information content (AvgIpc) is 2.40. The van der Waals surface area contributed by atoms with Crippen LogP contribution < -0.4 is 5.32 Å². The van der Waals surface area contributed by atoms with Crippen LogP contribution in [-0.4, -0.2) is 32.0 Å². The molecule has 0 heterocycles. The van der Waals surface area contributed by atoms with Crippen LogP contribution in [0.15, 0.2) is 0 Å². The third-order valence-electron chi connectivity index (χ3n) is 4.52.